The summed E-state index contributed by atoms with van der Waals surface area (Å²) >= 11 is 0. The van der Waals surface area contributed by atoms with Crippen molar-refractivity contribution in [3.63, 3.8) is 0 Å². The summed E-state index contributed by atoms with van der Waals surface area (Å²) in [5.41, 5.74) is 7.64. The monoisotopic (exact) mass is 189 g/mol. The van der Waals surface area contributed by atoms with E-state index in [2.05, 4.69) is 0 Å². The van der Waals surface area contributed by atoms with Crippen LogP contribution in [-0.2, 0) is 6.42 Å². The number of hydrogen-bond donors (Lipinski definition) is 1. The van der Waals surface area contributed by atoms with Gasteiger partial charge in [0.25, 0.3) is 0 Å². The Morgan fingerprint density at radius 2 is 2.14 bits per heavy atom. The molecule has 0 aliphatic carbocycles. The van der Waals surface area contributed by atoms with Crippen LogP contribution in [0.25, 0.3) is 11.0 Å². The van der Waals surface area contributed by atoms with E-state index in [4.69, 9.17) is 10.2 Å². The standard InChI is InChI=1S/C11H11NO2/c1-2-7-5-8(12)6-10-9(7)3-4-11(13)14-10/h3-6H,2,12H2,1H3. The fourth-order valence-corrected chi connectivity index (χ4v) is 1.57. The van der Waals surface area contributed by atoms with Gasteiger partial charge >= 0.3 is 5.63 Å². The highest BCUT2D eigenvalue weighted by Gasteiger charge is 2.03. The molecule has 0 spiro atoms. The molecule has 0 bridgehead atoms. The Morgan fingerprint density at radius 1 is 1.36 bits per heavy atom. The zero-order valence-electron chi connectivity index (χ0n) is 7.91. The molecule has 0 saturated carbocycles. The minimum absolute atomic E-state index is 0.342. The third kappa shape index (κ3) is 1.37. The van der Waals surface area contributed by atoms with Gasteiger partial charge in [0.05, 0.1) is 0 Å². The van der Waals surface area contributed by atoms with Crippen molar-refractivity contribution >= 4 is 16.7 Å². The maximum Gasteiger partial charge on any atom is 0.336 e. The number of hydrogen-bond acceptors (Lipinski definition) is 3. The molecule has 3 nitrogen and oxygen atoms in total. The summed E-state index contributed by atoms with van der Waals surface area (Å²) in [4.78, 5) is 11.0. The second kappa shape index (κ2) is 3.18. The Kier molecular flexibility index (Phi) is 2.00. The molecule has 0 unspecified atom stereocenters. The van der Waals surface area contributed by atoms with Gasteiger partial charge in [-0.1, -0.05) is 6.92 Å². The summed E-state index contributed by atoms with van der Waals surface area (Å²) in [6.45, 7) is 2.04. The smallest absolute Gasteiger partial charge is 0.336 e. The van der Waals surface area contributed by atoms with Gasteiger partial charge in [0.15, 0.2) is 0 Å². The Hall–Kier alpha value is -1.77. The average Bonchev–Trinajstić information content (AvgIpc) is 2.15. The normalized spacial score (nSPS) is 10.6. The molecular formula is C11H11NO2. The van der Waals surface area contributed by atoms with E-state index in [-0.39, 0.29) is 5.63 Å². The third-order valence-corrected chi connectivity index (χ3v) is 2.23. The maximum atomic E-state index is 11.0. The van der Waals surface area contributed by atoms with Crippen LogP contribution in [0.1, 0.15) is 12.5 Å². The van der Waals surface area contributed by atoms with Crippen molar-refractivity contribution in [3.8, 4) is 0 Å². The van der Waals surface area contributed by atoms with Crippen LogP contribution in [-0.4, -0.2) is 0 Å². The summed E-state index contributed by atoms with van der Waals surface area (Å²) in [6.07, 6.45) is 0.870. The van der Waals surface area contributed by atoms with E-state index >= 15 is 0 Å². The molecule has 1 heterocycles. The van der Waals surface area contributed by atoms with E-state index in [9.17, 15) is 4.79 Å². The average molecular weight is 189 g/mol. The molecule has 1 aromatic heterocycles. The second-order valence-electron chi connectivity index (χ2n) is 3.20. The molecule has 3 heteroatoms. The highest BCUT2D eigenvalue weighted by atomic mass is 16.4. The third-order valence-electron chi connectivity index (χ3n) is 2.23. The molecule has 2 aromatic rings. The lowest BCUT2D eigenvalue weighted by Crippen LogP contribution is -1.97. The van der Waals surface area contributed by atoms with E-state index in [1.807, 2.05) is 13.0 Å². The second-order valence-corrected chi connectivity index (χ2v) is 3.20. The first kappa shape index (κ1) is 8.81. The highest BCUT2D eigenvalue weighted by Crippen LogP contribution is 2.21. The fourth-order valence-electron chi connectivity index (χ4n) is 1.57. The predicted octanol–water partition coefficient (Wildman–Crippen LogP) is 1.94. The summed E-state index contributed by atoms with van der Waals surface area (Å²) in [7, 11) is 0. The van der Waals surface area contributed by atoms with Gasteiger partial charge in [-0.2, -0.15) is 0 Å². The van der Waals surface area contributed by atoms with Crippen LogP contribution in [0, 0.1) is 0 Å². The van der Waals surface area contributed by atoms with E-state index in [0.29, 0.717) is 11.3 Å². The quantitative estimate of drug-likeness (QED) is 0.551. The molecule has 2 N–H and O–H groups in total. The van der Waals surface area contributed by atoms with Gasteiger partial charge in [0, 0.05) is 23.2 Å². The minimum atomic E-state index is -0.342. The number of fused-ring (bicyclic) bond motifs is 1. The number of nitrogens with two attached hydrogens (primary N) is 1. The van der Waals surface area contributed by atoms with Gasteiger partial charge in [-0.05, 0) is 24.1 Å². The zero-order chi connectivity index (χ0) is 10.1. The van der Waals surface area contributed by atoms with Crippen molar-refractivity contribution in [1.82, 2.24) is 0 Å². The lowest BCUT2D eigenvalue weighted by Gasteiger charge is -2.03. The van der Waals surface area contributed by atoms with Crippen LogP contribution in [0.3, 0.4) is 0 Å². The van der Waals surface area contributed by atoms with Crippen LogP contribution >= 0.6 is 0 Å². The van der Waals surface area contributed by atoms with Crippen LogP contribution in [0.15, 0.2) is 33.5 Å². The molecule has 1 aromatic carbocycles. The summed E-state index contributed by atoms with van der Waals surface area (Å²) in [5, 5.41) is 0.960. The Bertz CT molecular complexity index is 528. The van der Waals surface area contributed by atoms with E-state index in [0.717, 1.165) is 17.4 Å². The van der Waals surface area contributed by atoms with Gasteiger partial charge in [0.1, 0.15) is 5.58 Å². The molecule has 72 valence electrons. The molecule has 0 radical (unpaired) electrons. The van der Waals surface area contributed by atoms with Gasteiger partial charge < -0.3 is 10.2 Å². The summed E-state index contributed by atoms with van der Waals surface area (Å²) in [6, 6.07) is 6.79. The number of benzene rings is 1. The van der Waals surface area contributed by atoms with Gasteiger partial charge in [-0.15, -0.1) is 0 Å². The molecule has 0 saturated heterocycles. The van der Waals surface area contributed by atoms with Crippen LogP contribution < -0.4 is 11.4 Å². The number of rotatable bonds is 1. The highest BCUT2D eigenvalue weighted by molar-refractivity contribution is 5.83. The van der Waals surface area contributed by atoms with Gasteiger partial charge in [0.2, 0.25) is 0 Å². The predicted molar refractivity (Wildman–Crippen MR) is 56.3 cm³/mol. The fraction of sp³-hybridized carbons (Fsp3) is 0.182. The lowest BCUT2D eigenvalue weighted by atomic mass is 10.1. The Labute approximate surface area is 81.1 Å². The number of nitrogen functional groups attached to an aromatic ring is 1. The first-order valence-corrected chi connectivity index (χ1v) is 4.53. The molecule has 14 heavy (non-hydrogen) atoms. The van der Waals surface area contributed by atoms with Crippen molar-refractivity contribution < 1.29 is 4.42 Å². The molecule has 0 amide bonds. The number of anilines is 1. The molecule has 0 fully saturated rings. The maximum absolute atomic E-state index is 11.0. The lowest BCUT2D eigenvalue weighted by molar-refractivity contribution is 0.561. The van der Waals surface area contributed by atoms with Crippen molar-refractivity contribution in [2.45, 2.75) is 13.3 Å². The molecule has 0 aliphatic heterocycles. The molecule has 0 atom stereocenters. The first-order valence-electron chi connectivity index (χ1n) is 4.53. The topological polar surface area (TPSA) is 56.2 Å². The van der Waals surface area contributed by atoms with Gasteiger partial charge in [-0.25, -0.2) is 4.79 Å². The SMILES string of the molecule is CCc1cc(N)cc2oc(=O)ccc12. The van der Waals surface area contributed by atoms with Crippen molar-refractivity contribution in [3.05, 3.63) is 40.2 Å². The minimum Gasteiger partial charge on any atom is -0.423 e. The van der Waals surface area contributed by atoms with E-state index < -0.39 is 0 Å². The van der Waals surface area contributed by atoms with Crippen molar-refractivity contribution in [1.29, 1.82) is 0 Å². The van der Waals surface area contributed by atoms with Crippen LogP contribution in [0.4, 0.5) is 5.69 Å². The summed E-state index contributed by atoms with van der Waals surface area (Å²) < 4.78 is 5.05. The Morgan fingerprint density at radius 3 is 2.86 bits per heavy atom. The largest absolute Gasteiger partial charge is 0.423 e. The van der Waals surface area contributed by atoms with Gasteiger partial charge in [-0.3, -0.25) is 0 Å². The van der Waals surface area contributed by atoms with E-state index in [1.54, 1.807) is 12.1 Å². The Balaban J connectivity index is 2.87. The van der Waals surface area contributed by atoms with Crippen LogP contribution in [0.5, 0.6) is 0 Å². The van der Waals surface area contributed by atoms with Crippen molar-refractivity contribution in [2.75, 3.05) is 5.73 Å². The van der Waals surface area contributed by atoms with E-state index in [1.165, 1.54) is 6.07 Å². The zero-order valence-corrected chi connectivity index (χ0v) is 7.91. The molecule has 0 aliphatic rings. The van der Waals surface area contributed by atoms with Crippen molar-refractivity contribution in [2.24, 2.45) is 0 Å². The number of aryl methyl sites for hydroxylation is 1. The molecular weight excluding hydrogens is 178 g/mol. The molecule has 2 rings (SSSR count). The first-order chi connectivity index (χ1) is 6.70. The van der Waals surface area contributed by atoms with Crippen LogP contribution in [0.2, 0.25) is 0 Å². The summed E-state index contributed by atoms with van der Waals surface area (Å²) in [5.74, 6) is 0.